The molecule has 23 heavy (non-hydrogen) atoms. The van der Waals surface area contributed by atoms with Crippen LogP contribution in [0.2, 0.25) is 0 Å². The zero-order chi connectivity index (χ0) is 15.6. The van der Waals surface area contributed by atoms with E-state index in [9.17, 15) is 8.42 Å². The molecule has 0 bridgehead atoms. The van der Waals surface area contributed by atoms with Gasteiger partial charge in [0.2, 0.25) is 10.0 Å². The highest BCUT2D eigenvalue weighted by Gasteiger charge is 2.24. The Hall–Kier alpha value is -1.41. The van der Waals surface area contributed by atoms with E-state index >= 15 is 0 Å². The molecule has 6 nitrogen and oxygen atoms in total. The summed E-state index contributed by atoms with van der Waals surface area (Å²) < 4.78 is 32.0. The van der Waals surface area contributed by atoms with Crippen LogP contribution in [0.3, 0.4) is 0 Å². The van der Waals surface area contributed by atoms with Gasteiger partial charge >= 0.3 is 0 Å². The number of oxazole rings is 1. The van der Waals surface area contributed by atoms with E-state index in [0.717, 1.165) is 18.5 Å². The topological polar surface area (TPSA) is 75.4 Å². The molecule has 0 unspecified atom stereocenters. The summed E-state index contributed by atoms with van der Waals surface area (Å²) in [6.45, 7) is 4.38. The first-order valence-corrected chi connectivity index (χ1v) is 8.75. The van der Waals surface area contributed by atoms with Gasteiger partial charge in [-0.15, -0.1) is 12.4 Å². The largest absolute Gasteiger partial charge is 0.449 e. The Balaban J connectivity index is 0.00000192. The molecule has 2 aromatic rings. The Morgan fingerprint density at radius 3 is 2.57 bits per heavy atom. The summed E-state index contributed by atoms with van der Waals surface area (Å²) in [6.07, 6.45) is 2.40. The molecule has 8 heteroatoms. The highest BCUT2D eigenvalue weighted by Crippen LogP contribution is 2.22. The molecule has 0 atom stereocenters. The Morgan fingerprint density at radius 1 is 1.17 bits per heavy atom. The molecule has 0 radical (unpaired) electrons. The Morgan fingerprint density at radius 2 is 1.91 bits per heavy atom. The van der Waals surface area contributed by atoms with Crippen molar-refractivity contribution >= 4 is 22.4 Å². The fraction of sp³-hybridized carbons (Fsp3) is 0.400. The number of nitrogens with one attached hydrogen (secondary N) is 1. The minimum Gasteiger partial charge on any atom is -0.449 e. The lowest BCUT2D eigenvalue weighted by atomic mass is 10.2. The third-order valence-electron chi connectivity index (χ3n) is 3.71. The number of nitrogens with zero attached hydrogens (tertiary/aromatic N) is 2. The van der Waals surface area contributed by atoms with Gasteiger partial charge in [0.25, 0.3) is 0 Å². The van der Waals surface area contributed by atoms with Crippen LogP contribution in [0.25, 0.3) is 11.3 Å². The average molecular weight is 358 g/mol. The number of rotatable bonds is 3. The van der Waals surface area contributed by atoms with Gasteiger partial charge in [0.05, 0.1) is 4.90 Å². The van der Waals surface area contributed by atoms with Crippen molar-refractivity contribution in [2.75, 3.05) is 26.2 Å². The molecule has 0 spiro atoms. The number of hydrogen-bond acceptors (Lipinski definition) is 5. The molecule has 0 amide bonds. The zero-order valence-corrected chi connectivity index (χ0v) is 14.5. The fourth-order valence-corrected chi connectivity index (χ4v) is 3.98. The number of hydrogen-bond donors (Lipinski definition) is 1. The Kier molecular flexibility index (Phi) is 5.80. The molecule has 1 N–H and O–H groups in total. The zero-order valence-electron chi connectivity index (χ0n) is 12.9. The van der Waals surface area contributed by atoms with Crippen molar-refractivity contribution in [2.24, 2.45) is 0 Å². The third-order valence-corrected chi connectivity index (χ3v) is 5.62. The molecule has 0 aliphatic carbocycles. The van der Waals surface area contributed by atoms with Gasteiger partial charge < -0.3 is 9.73 Å². The third kappa shape index (κ3) is 3.92. The highest BCUT2D eigenvalue weighted by atomic mass is 35.5. The molecule has 2 heterocycles. The maximum atomic E-state index is 12.7. The number of benzene rings is 1. The SMILES string of the molecule is Cc1nc(-c2ccc(S(=O)(=O)N3CCCNCC3)cc2)co1.Cl. The minimum atomic E-state index is -3.43. The summed E-state index contributed by atoms with van der Waals surface area (Å²) in [5, 5.41) is 3.21. The van der Waals surface area contributed by atoms with Crippen molar-refractivity contribution in [1.29, 1.82) is 0 Å². The number of halogens is 1. The van der Waals surface area contributed by atoms with E-state index < -0.39 is 10.0 Å². The van der Waals surface area contributed by atoms with Crippen molar-refractivity contribution in [3.05, 3.63) is 36.4 Å². The molecule has 1 aromatic carbocycles. The first-order chi connectivity index (χ1) is 10.6. The van der Waals surface area contributed by atoms with Gasteiger partial charge in [-0.25, -0.2) is 13.4 Å². The van der Waals surface area contributed by atoms with Crippen molar-refractivity contribution in [3.63, 3.8) is 0 Å². The van der Waals surface area contributed by atoms with E-state index in [4.69, 9.17) is 4.42 Å². The molecule has 1 fully saturated rings. The lowest BCUT2D eigenvalue weighted by Crippen LogP contribution is -2.34. The van der Waals surface area contributed by atoms with Gasteiger partial charge in [-0.1, -0.05) is 12.1 Å². The molecule has 1 aliphatic heterocycles. The summed E-state index contributed by atoms with van der Waals surface area (Å²) in [6, 6.07) is 6.79. The van der Waals surface area contributed by atoms with Crippen LogP contribution in [-0.2, 0) is 10.0 Å². The summed E-state index contributed by atoms with van der Waals surface area (Å²) in [7, 11) is -3.43. The number of aryl methyl sites for hydroxylation is 1. The molecule has 1 saturated heterocycles. The first kappa shape index (κ1) is 17.9. The molecule has 1 aliphatic rings. The maximum absolute atomic E-state index is 12.7. The number of aromatic nitrogens is 1. The second kappa shape index (κ2) is 7.44. The Labute approximate surface area is 142 Å². The Bertz CT molecular complexity index is 736. The average Bonchev–Trinajstić information content (AvgIpc) is 2.77. The second-order valence-electron chi connectivity index (χ2n) is 5.28. The van der Waals surface area contributed by atoms with Crippen LogP contribution in [0.4, 0.5) is 0 Å². The molecule has 126 valence electrons. The second-order valence-corrected chi connectivity index (χ2v) is 7.22. The summed E-state index contributed by atoms with van der Waals surface area (Å²) >= 11 is 0. The van der Waals surface area contributed by atoms with Crippen LogP contribution in [0.1, 0.15) is 12.3 Å². The standard InChI is InChI=1S/C15H19N3O3S.ClH/c1-12-17-15(11-21-12)13-3-5-14(6-4-13)22(19,20)18-9-2-7-16-8-10-18;/h3-6,11,16H,2,7-10H2,1H3;1H. The maximum Gasteiger partial charge on any atom is 0.243 e. The van der Waals surface area contributed by atoms with Crippen LogP contribution in [0.15, 0.2) is 39.8 Å². The van der Waals surface area contributed by atoms with Crippen molar-refractivity contribution < 1.29 is 12.8 Å². The van der Waals surface area contributed by atoms with E-state index in [1.165, 1.54) is 0 Å². The lowest BCUT2D eigenvalue weighted by molar-refractivity contribution is 0.432. The van der Waals surface area contributed by atoms with E-state index in [1.54, 1.807) is 41.8 Å². The van der Waals surface area contributed by atoms with Gasteiger partial charge in [0, 0.05) is 32.1 Å². The van der Waals surface area contributed by atoms with Gasteiger partial charge in [0.1, 0.15) is 12.0 Å². The van der Waals surface area contributed by atoms with Gasteiger partial charge in [-0.05, 0) is 25.1 Å². The summed E-state index contributed by atoms with van der Waals surface area (Å²) in [5.74, 6) is 0.587. The first-order valence-electron chi connectivity index (χ1n) is 7.31. The molecule has 3 rings (SSSR count). The molecular weight excluding hydrogens is 338 g/mol. The van der Waals surface area contributed by atoms with Gasteiger partial charge in [-0.3, -0.25) is 0 Å². The van der Waals surface area contributed by atoms with Crippen LogP contribution in [0, 0.1) is 6.92 Å². The van der Waals surface area contributed by atoms with Crippen LogP contribution >= 0.6 is 12.4 Å². The fourth-order valence-electron chi connectivity index (χ4n) is 2.50. The van der Waals surface area contributed by atoms with Crippen molar-refractivity contribution in [2.45, 2.75) is 18.2 Å². The van der Waals surface area contributed by atoms with Crippen LogP contribution in [0.5, 0.6) is 0 Å². The highest BCUT2D eigenvalue weighted by molar-refractivity contribution is 7.89. The van der Waals surface area contributed by atoms with E-state index in [1.807, 2.05) is 0 Å². The van der Waals surface area contributed by atoms with Gasteiger partial charge in [0.15, 0.2) is 5.89 Å². The predicted octanol–water partition coefficient (Wildman–Crippen LogP) is 2.06. The summed E-state index contributed by atoms with van der Waals surface area (Å²) in [5.41, 5.74) is 1.55. The lowest BCUT2D eigenvalue weighted by Gasteiger charge is -2.19. The smallest absolute Gasteiger partial charge is 0.243 e. The van der Waals surface area contributed by atoms with Gasteiger partial charge in [-0.2, -0.15) is 4.31 Å². The number of sulfonamides is 1. The van der Waals surface area contributed by atoms with E-state index in [-0.39, 0.29) is 12.4 Å². The monoisotopic (exact) mass is 357 g/mol. The van der Waals surface area contributed by atoms with E-state index in [0.29, 0.717) is 36.1 Å². The molecular formula is C15H20ClN3O3S. The van der Waals surface area contributed by atoms with Crippen molar-refractivity contribution in [3.8, 4) is 11.3 Å². The minimum absolute atomic E-state index is 0. The van der Waals surface area contributed by atoms with Crippen molar-refractivity contribution in [1.82, 2.24) is 14.6 Å². The van der Waals surface area contributed by atoms with E-state index in [2.05, 4.69) is 10.3 Å². The summed E-state index contributed by atoms with van der Waals surface area (Å²) in [4.78, 5) is 4.56. The quantitative estimate of drug-likeness (QED) is 0.910. The predicted molar refractivity (Wildman–Crippen MR) is 90.2 cm³/mol. The molecule has 0 saturated carbocycles. The van der Waals surface area contributed by atoms with Crippen LogP contribution < -0.4 is 5.32 Å². The van der Waals surface area contributed by atoms with Crippen LogP contribution in [-0.4, -0.2) is 43.9 Å². The molecule has 1 aromatic heterocycles. The normalized spacial score (nSPS) is 16.6.